The van der Waals surface area contributed by atoms with Gasteiger partial charge in [-0.15, -0.1) is 10.2 Å². The van der Waals surface area contributed by atoms with Crippen LogP contribution in [0.15, 0.2) is 87.5 Å². The first kappa shape index (κ1) is 24.5. The number of amides is 1. The molecule has 4 rings (SSSR count). The maximum absolute atomic E-state index is 12.5. The van der Waals surface area contributed by atoms with E-state index in [4.69, 9.17) is 23.2 Å². The lowest BCUT2D eigenvalue weighted by molar-refractivity contribution is -0.118. The number of nitrogens with one attached hydrogen (secondary N) is 1. The van der Waals surface area contributed by atoms with Crippen LogP contribution in [0.2, 0.25) is 10.0 Å². The molecule has 0 aliphatic carbocycles. The number of thioether (sulfide) groups is 1. The molecule has 0 aliphatic rings. The zero-order chi connectivity index (χ0) is 24.1. The van der Waals surface area contributed by atoms with Gasteiger partial charge in [0.2, 0.25) is 0 Å². The zero-order valence-corrected chi connectivity index (χ0v) is 21.8. The Hall–Kier alpha value is -2.65. The van der Waals surface area contributed by atoms with Gasteiger partial charge in [0, 0.05) is 26.3 Å². The van der Waals surface area contributed by atoms with Crippen molar-refractivity contribution in [2.75, 3.05) is 5.75 Å². The van der Waals surface area contributed by atoms with Gasteiger partial charge in [0.25, 0.3) is 5.91 Å². The minimum absolute atomic E-state index is 0.108. The van der Waals surface area contributed by atoms with Gasteiger partial charge in [0.15, 0.2) is 11.0 Å². The molecule has 1 N–H and O–H groups in total. The van der Waals surface area contributed by atoms with E-state index in [2.05, 4.69) is 36.7 Å². The largest absolute Gasteiger partial charge is 0.272 e. The molecule has 4 aromatic rings. The smallest absolute Gasteiger partial charge is 0.250 e. The highest BCUT2D eigenvalue weighted by Gasteiger charge is 2.17. The van der Waals surface area contributed by atoms with Crippen LogP contribution in [0, 0.1) is 0 Å². The predicted molar refractivity (Wildman–Crippen MR) is 142 cm³/mol. The van der Waals surface area contributed by atoms with E-state index in [-0.39, 0.29) is 11.7 Å². The Labute approximate surface area is 219 Å². The number of aromatic nitrogens is 3. The highest BCUT2D eigenvalue weighted by Crippen LogP contribution is 2.28. The molecule has 0 saturated carbocycles. The number of carbonyl (C=O) groups is 1. The van der Waals surface area contributed by atoms with Gasteiger partial charge in [-0.05, 0) is 43.3 Å². The molecule has 172 valence electrons. The molecule has 0 aliphatic heterocycles. The summed E-state index contributed by atoms with van der Waals surface area (Å²) in [5, 5.41) is 14.5. The molecule has 0 radical (unpaired) electrons. The normalized spacial score (nSPS) is 11.5. The average molecular weight is 575 g/mol. The van der Waals surface area contributed by atoms with E-state index in [0.717, 1.165) is 15.7 Å². The summed E-state index contributed by atoms with van der Waals surface area (Å²) >= 11 is 16.9. The highest BCUT2D eigenvalue weighted by molar-refractivity contribution is 9.10. The van der Waals surface area contributed by atoms with Crippen molar-refractivity contribution in [1.82, 2.24) is 20.2 Å². The minimum Gasteiger partial charge on any atom is -0.272 e. The third-order valence-electron chi connectivity index (χ3n) is 4.75. The van der Waals surface area contributed by atoms with E-state index in [1.54, 1.807) is 25.1 Å². The fourth-order valence-electron chi connectivity index (χ4n) is 3.11. The van der Waals surface area contributed by atoms with Gasteiger partial charge >= 0.3 is 0 Å². The first-order valence-corrected chi connectivity index (χ1v) is 12.6. The highest BCUT2D eigenvalue weighted by atomic mass is 79.9. The third-order valence-corrected chi connectivity index (χ3v) is 6.76. The van der Waals surface area contributed by atoms with Crippen LogP contribution in [0.1, 0.15) is 12.5 Å². The summed E-state index contributed by atoms with van der Waals surface area (Å²) in [7, 11) is 0. The van der Waals surface area contributed by atoms with Crippen molar-refractivity contribution in [2.24, 2.45) is 5.10 Å². The van der Waals surface area contributed by atoms with Crippen molar-refractivity contribution >= 4 is 62.5 Å². The average Bonchev–Trinajstić information content (AvgIpc) is 3.26. The number of carbonyl (C=O) groups excluding carboxylic acids is 1. The standard InChI is InChI=1S/C24H18BrCl2N5OS/c1-15(20-12-11-18(26)13-21(20)27)28-29-22(33)14-34-24-31-30-23(16-7-9-17(25)10-8-16)32(24)19-5-3-2-4-6-19/h2-13H,14H2,1H3,(H,29,33)/b28-15-. The van der Waals surface area contributed by atoms with Crippen molar-refractivity contribution < 1.29 is 4.79 Å². The molecular weight excluding hydrogens is 557 g/mol. The second-order valence-corrected chi connectivity index (χ2v) is 9.83. The number of halogens is 3. The van der Waals surface area contributed by atoms with Gasteiger partial charge in [-0.1, -0.05) is 87.3 Å². The number of hydrazone groups is 1. The van der Waals surface area contributed by atoms with Crippen LogP contribution in [0.4, 0.5) is 0 Å². The van der Waals surface area contributed by atoms with Crippen molar-refractivity contribution in [2.45, 2.75) is 12.1 Å². The minimum atomic E-state index is -0.276. The lowest BCUT2D eigenvalue weighted by Gasteiger charge is -2.10. The van der Waals surface area contributed by atoms with Gasteiger partial charge in [-0.2, -0.15) is 5.10 Å². The first-order chi connectivity index (χ1) is 16.4. The van der Waals surface area contributed by atoms with Crippen molar-refractivity contribution in [3.05, 3.63) is 92.9 Å². The number of para-hydroxylation sites is 1. The summed E-state index contributed by atoms with van der Waals surface area (Å²) in [5.41, 5.74) is 5.66. The SMILES string of the molecule is C/C(=N/NC(=O)CSc1nnc(-c2ccc(Br)cc2)n1-c1ccccc1)c1ccc(Cl)cc1Cl. The van der Waals surface area contributed by atoms with E-state index in [0.29, 0.717) is 32.3 Å². The molecule has 10 heteroatoms. The van der Waals surface area contributed by atoms with Crippen LogP contribution in [0.5, 0.6) is 0 Å². The predicted octanol–water partition coefficient (Wildman–Crippen LogP) is 6.64. The van der Waals surface area contributed by atoms with Gasteiger partial charge in [0.1, 0.15) is 0 Å². The van der Waals surface area contributed by atoms with E-state index in [9.17, 15) is 4.79 Å². The van der Waals surface area contributed by atoms with E-state index in [1.807, 2.05) is 59.2 Å². The maximum Gasteiger partial charge on any atom is 0.250 e. The summed E-state index contributed by atoms with van der Waals surface area (Å²) in [6, 6.07) is 22.7. The Kier molecular flexibility index (Phi) is 8.05. The topological polar surface area (TPSA) is 72.2 Å². The summed E-state index contributed by atoms with van der Waals surface area (Å²) in [5.74, 6) is 0.520. The molecule has 0 spiro atoms. The van der Waals surface area contributed by atoms with Crippen LogP contribution in [-0.4, -0.2) is 32.1 Å². The lowest BCUT2D eigenvalue weighted by atomic mass is 10.1. The van der Waals surface area contributed by atoms with Crippen LogP contribution in [0.3, 0.4) is 0 Å². The number of hydrogen-bond donors (Lipinski definition) is 1. The molecule has 0 saturated heterocycles. The number of rotatable bonds is 7. The maximum atomic E-state index is 12.5. The van der Waals surface area contributed by atoms with Crippen molar-refractivity contribution in [3.63, 3.8) is 0 Å². The van der Waals surface area contributed by atoms with Gasteiger partial charge < -0.3 is 0 Å². The molecule has 0 atom stereocenters. The molecular formula is C24H18BrCl2N5OS. The van der Waals surface area contributed by atoms with Gasteiger partial charge in [-0.25, -0.2) is 5.43 Å². The molecule has 1 heterocycles. The Morgan fingerprint density at radius 3 is 2.50 bits per heavy atom. The quantitative estimate of drug-likeness (QED) is 0.153. The molecule has 0 bridgehead atoms. The third kappa shape index (κ3) is 5.88. The Morgan fingerprint density at radius 2 is 1.79 bits per heavy atom. The fraction of sp³-hybridized carbons (Fsp3) is 0.0833. The molecule has 1 aromatic heterocycles. The Balaban J connectivity index is 1.51. The Morgan fingerprint density at radius 1 is 1.06 bits per heavy atom. The van der Waals surface area contributed by atoms with Crippen molar-refractivity contribution in [3.8, 4) is 17.1 Å². The molecule has 1 amide bonds. The second kappa shape index (κ2) is 11.2. The van der Waals surface area contributed by atoms with Crippen LogP contribution < -0.4 is 5.43 Å². The number of hydrogen-bond acceptors (Lipinski definition) is 5. The van der Waals surface area contributed by atoms with Crippen molar-refractivity contribution in [1.29, 1.82) is 0 Å². The molecule has 0 unspecified atom stereocenters. The fourth-order valence-corrected chi connectivity index (χ4v) is 4.66. The van der Waals surface area contributed by atoms with Gasteiger partial charge in [-0.3, -0.25) is 9.36 Å². The molecule has 34 heavy (non-hydrogen) atoms. The summed E-state index contributed by atoms with van der Waals surface area (Å²) in [4.78, 5) is 12.5. The molecule has 0 fully saturated rings. The summed E-state index contributed by atoms with van der Waals surface area (Å²) < 4.78 is 2.91. The first-order valence-electron chi connectivity index (χ1n) is 10.1. The van der Waals surface area contributed by atoms with Gasteiger partial charge in [0.05, 0.1) is 16.5 Å². The van der Waals surface area contributed by atoms with Crippen LogP contribution in [0.25, 0.3) is 17.1 Å². The number of nitrogens with zero attached hydrogens (tertiary/aromatic N) is 4. The van der Waals surface area contributed by atoms with E-state index >= 15 is 0 Å². The second-order valence-electron chi connectivity index (χ2n) is 7.13. The summed E-state index contributed by atoms with van der Waals surface area (Å²) in [6.07, 6.45) is 0. The lowest BCUT2D eigenvalue weighted by Crippen LogP contribution is -2.21. The van der Waals surface area contributed by atoms with E-state index in [1.165, 1.54) is 11.8 Å². The zero-order valence-electron chi connectivity index (χ0n) is 17.9. The van der Waals surface area contributed by atoms with Crippen LogP contribution >= 0.6 is 50.9 Å². The molecule has 3 aromatic carbocycles. The van der Waals surface area contributed by atoms with E-state index < -0.39 is 0 Å². The van der Waals surface area contributed by atoms with Crippen LogP contribution in [-0.2, 0) is 4.79 Å². The molecule has 6 nitrogen and oxygen atoms in total. The summed E-state index contributed by atoms with van der Waals surface area (Å²) in [6.45, 7) is 1.76. The Bertz CT molecular complexity index is 1340. The number of benzene rings is 3. The monoisotopic (exact) mass is 573 g/mol.